The summed E-state index contributed by atoms with van der Waals surface area (Å²) in [6.07, 6.45) is 1.74. The maximum absolute atomic E-state index is 6.28. The third-order valence-corrected chi connectivity index (χ3v) is 3.51. The molecule has 0 radical (unpaired) electrons. The van der Waals surface area contributed by atoms with E-state index >= 15 is 0 Å². The Morgan fingerprint density at radius 2 is 2.28 bits per heavy atom. The topological polar surface area (TPSA) is 44.5 Å². The highest BCUT2D eigenvalue weighted by atomic mass is 79.9. The van der Waals surface area contributed by atoms with Crippen molar-refractivity contribution in [2.75, 3.05) is 19.8 Å². The van der Waals surface area contributed by atoms with Gasteiger partial charge < -0.3 is 15.2 Å². The maximum Gasteiger partial charge on any atom is 0.125 e. The lowest BCUT2D eigenvalue weighted by atomic mass is 9.93. The van der Waals surface area contributed by atoms with E-state index in [1.807, 2.05) is 13.8 Å². The van der Waals surface area contributed by atoms with Crippen LogP contribution in [0.3, 0.4) is 0 Å². The van der Waals surface area contributed by atoms with Gasteiger partial charge in [-0.05, 0) is 43.5 Å². The van der Waals surface area contributed by atoms with Gasteiger partial charge in [0.25, 0.3) is 0 Å². The molecule has 0 saturated heterocycles. The van der Waals surface area contributed by atoms with Crippen LogP contribution in [0.25, 0.3) is 0 Å². The van der Waals surface area contributed by atoms with Crippen molar-refractivity contribution in [1.29, 1.82) is 0 Å². The molecule has 0 bridgehead atoms. The highest BCUT2D eigenvalue weighted by Gasteiger charge is 2.25. The number of halogens is 1. The lowest BCUT2D eigenvalue weighted by molar-refractivity contribution is 0.101. The van der Waals surface area contributed by atoms with Crippen LogP contribution in [0.4, 0.5) is 0 Å². The van der Waals surface area contributed by atoms with Crippen LogP contribution in [0.5, 0.6) is 5.75 Å². The molecule has 1 aromatic rings. The summed E-state index contributed by atoms with van der Waals surface area (Å²) in [5, 5.41) is 0. The van der Waals surface area contributed by atoms with Gasteiger partial charge in [0.1, 0.15) is 5.75 Å². The standard InChI is InChI=1S/C14H20BrNO2/c1-3-17-9-14(2,16)8-11-7-12(15)6-10-4-5-18-13(10)11/h6-7H,3-5,8-9,16H2,1-2H3. The van der Waals surface area contributed by atoms with Crippen molar-refractivity contribution in [3.8, 4) is 5.75 Å². The molecule has 1 atom stereocenters. The van der Waals surface area contributed by atoms with E-state index in [1.54, 1.807) is 0 Å². The second-order valence-electron chi connectivity index (χ2n) is 5.12. The highest BCUT2D eigenvalue weighted by Crippen LogP contribution is 2.34. The Labute approximate surface area is 117 Å². The molecule has 2 N–H and O–H groups in total. The van der Waals surface area contributed by atoms with Crippen LogP contribution in [0, 0.1) is 0 Å². The van der Waals surface area contributed by atoms with Crippen LogP contribution in [0.15, 0.2) is 16.6 Å². The third kappa shape index (κ3) is 3.25. The lowest BCUT2D eigenvalue weighted by Gasteiger charge is -2.25. The van der Waals surface area contributed by atoms with E-state index in [9.17, 15) is 0 Å². The first-order chi connectivity index (χ1) is 8.52. The van der Waals surface area contributed by atoms with Gasteiger partial charge in [0, 0.05) is 23.0 Å². The Morgan fingerprint density at radius 1 is 1.50 bits per heavy atom. The summed E-state index contributed by atoms with van der Waals surface area (Å²) in [6.45, 7) is 6.02. The maximum atomic E-state index is 6.28. The van der Waals surface area contributed by atoms with E-state index < -0.39 is 0 Å². The Balaban J connectivity index is 2.19. The molecule has 100 valence electrons. The zero-order valence-corrected chi connectivity index (χ0v) is 12.5. The van der Waals surface area contributed by atoms with Gasteiger partial charge in [0.05, 0.1) is 13.2 Å². The van der Waals surface area contributed by atoms with E-state index in [2.05, 4.69) is 28.1 Å². The predicted octanol–water partition coefficient (Wildman–Crippen LogP) is 2.68. The monoisotopic (exact) mass is 313 g/mol. The summed E-state index contributed by atoms with van der Waals surface area (Å²) in [5.41, 5.74) is 8.36. The first-order valence-electron chi connectivity index (χ1n) is 6.32. The van der Waals surface area contributed by atoms with Crippen LogP contribution < -0.4 is 10.5 Å². The molecule has 1 heterocycles. The van der Waals surface area contributed by atoms with E-state index in [1.165, 1.54) is 11.1 Å². The average molecular weight is 314 g/mol. The molecule has 1 aromatic carbocycles. The van der Waals surface area contributed by atoms with Crippen molar-refractivity contribution in [1.82, 2.24) is 0 Å². The molecule has 1 unspecified atom stereocenters. The molecule has 0 spiro atoms. The molecule has 2 rings (SSSR count). The molecular weight excluding hydrogens is 294 g/mol. The van der Waals surface area contributed by atoms with Crippen molar-refractivity contribution in [2.45, 2.75) is 32.2 Å². The van der Waals surface area contributed by atoms with Crippen molar-refractivity contribution in [3.05, 3.63) is 27.7 Å². The Bertz CT molecular complexity index is 432. The highest BCUT2D eigenvalue weighted by molar-refractivity contribution is 9.10. The molecule has 0 fully saturated rings. The third-order valence-electron chi connectivity index (χ3n) is 3.06. The number of fused-ring (bicyclic) bond motifs is 1. The van der Waals surface area contributed by atoms with Crippen LogP contribution in [-0.2, 0) is 17.6 Å². The van der Waals surface area contributed by atoms with Gasteiger partial charge in [0.2, 0.25) is 0 Å². The van der Waals surface area contributed by atoms with Gasteiger partial charge in [-0.15, -0.1) is 0 Å². The van der Waals surface area contributed by atoms with Crippen molar-refractivity contribution in [3.63, 3.8) is 0 Å². The summed E-state index contributed by atoms with van der Waals surface area (Å²) in [7, 11) is 0. The first kappa shape index (κ1) is 13.8. The second-order valence-corrected chi connectivity index (χ2v) is 6.04. The first-order valence-corrected chi connectivity index (χ1v) is 7.12. The van der Waals surface area contributed by atoms with Gasteiger partial charge in [-0.25, -0.2) is 0 Å². The molecule has 0 amide bonds. The van der Waals surface area contributed by atoms with Crippen LogP contribution in [0.1, 0.15) is 25.0 Å². The summed E-state index contributed by atoms with van der Waals surface area (Å²) in [5.74, 6) is 1.02. The molecule has 1 aliphatic rings. The van der Waals surface area contributed by atoms with E-state index in [0.29, 0.717) is 13.2 Å². The Kier molecular flexibility index (Phi) is 4.30. The number of benzene rings is 1. The molecular formula is C14H20BrNO2. The predicted molar refractivity (Wildman–Crippen MR) is 76.1 cm³/mol. The average Bonchev–Trinajstić information content (AvgIpc) is 2.74. The van der Waals surface area contributed by atoms with Gasteiger partial charge in [0.15, 0.2) is 0 Å². The SMILES string of the molecule is CCOCC(C)(N)Cc1cc(Br)cc2c1OCC2. The van der Waals surface area contributed by atoms with Crippen molar-refractivity contribution >= 4 is 15.9 Å². The lowest BCUT2D eigenvalue weighted by Crippen LogP contribution is -2.43. The number of nitrogens with two attached hydrogens (primary N) is 1. The second kappa shape index (κ2) is 5.59. The molecule has 1 aliphatic heterocycles. The smallest absolute Gasteiger partial charge is 0.125 e. The number of rotatable bonds is 5. The number of ether oxygens (including phenoxy) is 2. The Hall–Kier alpha value is -0.580. The van der Waals surface area contributed by atoms with Gasteiger partial charge in [-0.3, -0.25) is 0 Å². The molecule has 0 aliphatic carbocycles. The minimum absolute atomic E-state index is 0.365. The van der Waals surface area contributed by atoms with E-state index in [0.717, 1.165) is 29.7 Å². The fraction of sp³-hybridized carbons (Fsp3) is 0.571. The molecule has 0 aromatic heterocycles. The van der Waals surface area contributed by atoms with E-state index in [-0.39, 0.29) is 5.54 Å². The van der Waals surface area contributed by atoms with Crippen molar-refractivity contribution < 1.29 is 9.47 Å². The van der Waals surface area contributed by atoms with Gasteiger partial charge in [-0.1, -0.05) is 15.9 Å². The zero-order chi connectivity index (χ0) is 13.2. The minimum atomic E-state index is -0.365. The summed E-state index contributed by atoms with van der Waals surface area (Å²) in [6, 6.07) is 4.23. The molecule has 18 heavy (non-hydrogen) atoms. The summed E-state index contributed by atoms with van der Waals surface area (Å²) >= 11 is 3.55. The van der Waals surface area contributed by atoms with Crippen LogP contribution >= 0.6 is 15.9 Å². The van der Waals surface area contributed by atoms with Crippen LogP contribution in [-0.4, -0.2) is 25.4 Å². The molecule has 3 nitrogen and oxygen atoms in total. The quantitative estimate of drug-likeness (QED) is 0.909. The Morgan fingerprint density at radius 3 is 3.00 bits per heavy atom. The van der Waals surface area contributed by atoms with Gasteiger partial charge >= 0.3 is 0 Å². The number of hydrogen-bond acceptors (Lipinski definition) is 3. The largest absolute Gasteiger partial charge is 0.493 e. The fourth-order valence-corrected chi connectivity index (χ4v) is 2.85. The summed E-state index contributed by atoms with van der Waals surface area (Å²) < 4.78 is 12.3. The van der Waals surface area contributed by atoms with Gasteiger partial charge in [-0.2, -0.15) is 0 Å². The zero-order valence-electron chi connectivity index (χ0n) is 11.0. The normalized spacial score (nSPS) is 17.1. The molecule has 4 heteroatoms. The number of hydrogen-bond donors (Lipinski definition) is 1. The van der Waals surface area contributed by atoms with E-state index in [4.69, 9.17) is 15.2 Å². The van der Waals surface area contributed by atoms with Crippen molar-refractivity contribution in [2.24, 2.45) is 5.73 Å². The molecule has 0 saturated carbocycles. The summed E-state index contributed by atoms with van der Waals surface area (Å²) in [4.78, 5) is 0. The minimum Gasteiger partial charge on any atom is -0.493 e. The fourth-order valence-electron chi connectivity index (χ4n) is 2.30. The van der Waals surface area contributed by atoms with Crippen LogP contribution in [0.2, 0.25) is 0 Å².